The molecule has 0 unspecified atom stereocenters. The summed E-state index contributed by atoms with van der Waals surface area (Å²) >= 11 is 5.93. The number of methoxy groups -OCH3 is 1. The molecule has 0 spiro atoms. The van der Waals surface area contributed by atoms with Gasteiger partial charge in [-0.2, -0.15) is 0 Å². The highest BCUT2D eigenvalue weighted by atomic mass is 35.5. The molecular weight excluding hydrogens is 238 g/mol. The average molecular weight is 258 g/mol. The van der Waals surface area contributed by atoms with E-state index in [1.54, 1.807) is 13.2 Å². The molecule has 17 heavy (non-hydrogen) atoms. The van der Waals surface area contributed by atoms with Gasteiger partial charge in [0.25, 0.3) is 0 Å². The molecule has 0 atom stereocenters. The Morgan fingerprint density at radius 3 is 2.59 bits per heavy atom. The molecule has 0 saturated carbocycles. The van der Waals surface area contributed by atoms with Gasteiger partial charge in [0.1, 0.15) is 5.75 Å². The lowest BCUT2D eigenvalue weighted by Gasteiger charge is -2.20. The number of halogens is 1. The van der Waals surface area contributed by atoms with Gasteiger partial charge in [0.05, 0.1) is 25.0 Å². The molecule has 0 saturated heterocycles. The fourth-order valence-electron chi connectivity index (χ4n) is 1.36. The van der Waals surface area contributed by atoms with Gasteiger partial charge in [-0.15, -0.1) is 0 Å². The highest BCUT2D eigenvalue weighted by Crippen LogP contribution is 2.27. The van der Waals surface area contributed by atoms with Gasteiger partial charge in [-0.3, -0.25) is 0 Å². The van der Waals surface area contributed by atoms with Gasteiger partial charge >= 0.3 is 0 Å². The molecule has 0 heterocycles. The first-order valence-electron chi connectivity index (χ1n) is 5.64. The van der Waals surface area contributed by atoms with Crippen LogP contribution in [-0.4, -0.2) is 25.9 Å². The second-order valence-corrected chi connectivity index (χ2v) is 5.17. The highest BCUT2D eigenvalue weighted by molar-refractivity contribution is 6.30. The lowest BCUT2D eigenvalue weighted by Crippen LogP contribution is -2.23. The van der Waals surface area contributed by atoms with Crippen LogP contribution in [-0.2, 0) is 4.74 Å². The Labute approximate surface area is 108 Å². The molecule has 0 bridgehead atoms. The van der Waals surface area contributed by atoms with Crippen molar-refractivity contribution in [1.82, 2.24) is 0 Å². The predicted molar refractivity (Wildman–Crippen MR) is 72.2 cm³/mol. The Morgan fingerprint density at radius 2 is 2.00 bits per heavy atom. The molecule has 1 N–H and O–H groups in total. The Balaban J connectivity index is 2.48. The van der Waals surface area contributed by atoms with E-state index in [-0.39, 0.29) is 5.60 Å². The van der Waals surface area contributed by atoms with Crippen LogP contribution in [0.4, 0.5) is 5.69 Å². The van der Waals surface area contributed by atoms with Crippen LogP contribution in [0.1, 0.15) is 20.8 Å². The summed E-state index contributed by atoms with van der Waals surface area (Å²) in [4.78, 5) is 0. The maximum absolute atomic E-state index is 5.93. The van der Waals surface area contributed by atoms with E-state index in [1.807, 2.05) is 32.9 Å². The number of hydrogen-bond donors (Lipinski definition) is 1. The number of nitrogens with one attached hydrogen (secondary N) is 1. The summed E-state index contributed by atoms with van der Waals surface area (Å²) in [6.07, 6.45) is 0. The zero-order valence-corrected chi connectivity index (χ0v) is 11.6. The smallest absolute Gasteiger partial charge is 0.142 e. The van der Waals surface area contributed by atoms with E-state index >= 15 is 0 Å². The van der Waals surface area contributed by atoms with Crippen molar-refractivity contribution in [1.29, 1.82) is 0 Å². The summed E-state index contributed by atoms with van der Waals surface area (Å²) in [7, 11) is 1.64. The first-order valence-corrected chi connectivity index (χ1v) is 6.01. The van der Waals surface area contributed by atoms with Gasteiger partial charge in [-0.25, -0.2) is 0 Å². The summed E-state index contributed by atoms with van der Waals surface area (Å²) in [6.45, 7) is 7.46. The maximum atomic E-state index is 5.93. The molecule has 0 amide bonds. The van der Waals surface area contributed by atoms with Crippen LogP contribution in [0.2, 0.25) is 5.02 Å². The van der Waals surface area contributed by atoms with Crippen LogP contribution in [0.3, 0.4) is 0 Å². The third-order valence-corrected chi connectivity index (χ3v) is 2.35. The average Bonchev–Trinajstić information content (AvgIpc) is 2.23. The number of rotatable bonds is 5. The van der Waals surface area contributed by atoms with E-state index in [0.717, 1.165) is 11.4 Å². The number of benzene rings is 1. The lowest BCUT2D eigenvalue weighted by molar-refractivity contribution is 0.00333. The summed E-state index contributed by atoms with van der Waals surface area (Å²) in [5.41, 5.74) is 0.776. The normalized spacial score (nSPS) is 11.4. The lowest BCUT2D eigenvalue weighted by atomic mass is 10.2. The molecule has 96 valence electrons. The van der Waals surface area contributed by atoms with Crippen LogP contribution in [0.15, 0.2) is 18.2 Å². The van der Waals surface area contributed by atoms with Crippen molar-refractivity contribution in [2.45, 2.75) is 26.4 Å². The zero-order valence-electron chi connectivity index (χ0n) is 10.8. The second kappa shape index (κ2) is 6.12. The van der Waals surface area contributed by atoms with Crippen molar-refractivity contribution in [2.75, 3.05) is 25.6 Å². The predicted octanol–water partition coefficient (Wildman–Crippen LogP) is 3.58. The summed E-state index contributed by atoms with van der Waals surface area (Å²) in [6, 6.07) is 5.49. The molecule has 0 radical (unpaired) electrons. The van der Waals surface area contributed by atoms with Gasteiger partial charge in [-0.05, 0) is 39.0 Å². The van der Waals surface area contributed by atoms with Crippen molar-refractivity contribution >= 4 is 17.3 Å². The number of ether oxygens (including phenoxy) is 2. The van der Waals surface area contributed by atoms with Crippen molar-refractivity contribution in [2.24, 2.45) is 0 Å². The van der Waals surface area contributed by atoms with Crippen molar-refractivity contribution < 1.29 is 9.47 Å². The Bertz CT molecular complexity index is 361. The van der Waals surface area contributed by atoms with E-state index in [0.29, 0.717) is 18.2 Å². The SMILES string of the molecule is COc1ccc(Cl)cc1NCCOC(C)(C)C. The minimum Gasteiger partial charge on any atom is -0.495 e. The van der Waals surface area contributed by atoms with E-state index in [1.165, 1.54) is 0 Å². The second-order valence-electron chi connectivity index (χ2n) is 4.73. The number of hydrogen-bond acceptors (Lipinski definition) is 3. The Hall–Kier alpha value is -0.930. The summed E-state index contributed by atoms with van der Waals surface area (Å²) in [5.74, 6) is 0.783. The van der Waals surface area contributed by atoms with Crippen molar-refractivity contribution in [3.05, 3.63) is 23.2 Å². The largest absolute Gasteiger partial charge is 0.495 e. The zero-order chi connectivity index (χ0) is 12.9. The van der Waals surface area contributed by atoms with Crippen LogP contribution < -0.4 is 10.1 Å². The minimum atomic E-state index is -0.111. The van der Waals surface area contributed by atoms with E-state index in [9.17, 15) is 0 Å². The Kier molecular flexibility index (Phi) is 5.09. The van der Waals surface area contributed by atoms with Gasteiger partial charge in [-0.1, -0.05) is 11.6 Å². The fraction of sp³-hybridized carbons (Fsp3) is 0.538. The van der Waals surface area contributed by atoms with Crippen LogP contribution >= 0.6 is 11.6 Å². The van der Waals surface area contributed by atoms with Gasteiger partial charge in [0.15, 0.2) is 0 Å². The van der Waals surface area contributed by atoms with E-state index in [4.69, 9.17) is 21.1 Å². The molecule has 1 rings (SSSR count). The molecule has 0 aliphatic rings. The first kappa shape index (κ1) is 14.1. The van der Waals surface area contributed by atoms with Crippen LogP contribution in [0.5, 0.6) is 5.75 Å². The van der Waals surface area contributed by atoms with Gasteiger partial charge < -0.3 is 14.8 Å². The summed E-state index contributed by atoms with van der Waals surface area (Å²) < 4.78 is 10.9. The van der Waals surface area contributed by atoms with E-state index < -0.39 is 0 Å². The highest BCUT2D eigenvalue weighted by Gasteiger charge is 2.09. The molecule has 3 nitrogen and oxygen atoms in total. The molecule has 4 heteroatoms. The minimum absolute atomic E-state index is 0.111. The molecule has 1 aromatic rings. The quantitative estimate of drug-likeness (QED) is 0.818. The van der Waals surface area contributed by atoms with Crippen molar-refractivity contribution in [3.8, 4) is 5.75 Å². The summed E-state index contributed by atoms with van der Waals surface area (Å²) in [5, 5.41) is 3.93. The third-order valence-electron chi connectivity index (χ3n) is 2.11. The standard InChI is InChI=1S/C13H20ClNO2/c1-13(2,3)17-8-7-15-11-9-10(14)5-6-12(11)16-4/h5-6,9,15H,7-8H2,1-4H3. The monoisotopic (exact) mass is 257 g/mol. The van der Waals surface area contributed by atoms with Crippen LogP contribution in [0, 0.1) is 0 Å². The molecular formula is C13H20ClNO2. The van der Waals surface area contributed by atoms with Crippen LogP contribution in [0.25, 0.3) is 0 Å². The number of anilines is 1. The van der Waals surface area contributed by atoms with Crippen molar-refractivity contribution in [3.63, 3.8) is 0 Å². The fourth-order valence-corrected chi connectivity index (χ4v) is 1.53. The van der Waals surface area contributed by atoms with E-state index in [2.05, 4.69) is 5.32 Å². The molecule has 1 aromatic carbocycles. The maximum Gasteiger partial charge on any atom is 0.142 e. The molecule has 0 aliphatic heterocycles. The third kappa shape index (κ3) is 5.29. The first-order chi connectivity index (χ1) is 7.92. The molecule has 0 aromatic heterocycles. The Morgan fingerprint density at radius 1 is 1.29 bits per heavy atom. The topological polar surface area (TPSA) is 30.5 Å². The van der Waals surface area contributed by atoms with Gasteiger partial charge in [0.2, 0.25) is 0 Å². The van der Waals surface area contributed by atoms with Gasteiger partial charge in [0, 0.05) is 11.6 Å². The molecule has 0 fully saturated rings. The molecule has 0 aliphatic carbocycles.